The van der Waals surface area contributed by atoms with Crippen molar-refractivity contribution >= 4 is 27.9 Å². The maximum atomic E-state index is 12.6. The average Bonchev–Trinajstić information content (AvgIpc) is 2.98. The van der Waals surface area contributed by atoms with Crippen molar-refractivity contribution in [3.8, 4) is 16.9 Å². The van der Waals surface area contributed by atoms with Gasteiger partial charge in [0, 0.05) is 5.39 Å². The Bertz CT molecular complexity index is 1170. The van der Waals surface area contributed by atoms with Gasteiger partial charge in [0.05, 0.1) is 10.9 Å². The Hall–Kier alpha value is -3.54. The molecular weight excluding hydrogens is 312 g/mol. The Morgan fingerprint density at radius 1 is 1.04 bits per heavy atom. The second-order valence-corrected chi connectivity index (χ2v) is 5.30. The first-order valence-corrected chi connectivity index (χ1v) is 7.03. The van der Waals surface area contributed by atoms with Crippen molar-refractivity contribution in [2.75, 3.05) is 0 Å². The Labute approximate surface area is 134 Å². The van der Waals surface area contributed by atoms with E-state index in [0.29, 0.717) is 27.5 Å². The molecule has 0 amide bonds. The summed E-state index contributed by atoms with van der Waals surface area (Å²) in [5.41, 5.74) is 1.27. The first-order valence-electron chi connectivity index (χ1n) is 7.03. The van der Waals surface area contributed by atoms with E-state index in [1.54, 1.807) is 18.2 Å². The zero-order chi connectivity index (χ0) is 16.8. The van der Waals surface area contributed by atoms with E-state index in [2.05, 4.69) is 0 Å². The molecule has 6 nitrogen and oxygen atoms in total. The summed E-state index contributed by atoms with van der Waals surface area (Å²) >= 11 is 0. The molecule has 0 aliphatic carbocycles. The molecule has 0 radical (unpaired) electrons. The zero-order valence-electron chi connectivity index (χ0n) is 12.1. The maximum Gasteiger partial charge on any atom is 0.371 e. The van der Waals surface area contributed by atoms with Gasteiger partial charge in [0.2, 0.25) is 5.76 Å². The minimum atomic E-state index is -1.16. The van der Waals surface area contributed by atoms with Crippen LogP contribution in [0.2, 0.25) is 0 Å². The van der Waals surface area contributed by atoms with Gasteiger partial charge in [0.15, 0.2) is 5.43 Å². The molecule has 0 fully saturated rings. The van der Waals surface area contributed by atoms with Crippen LogP contribution >= 0.6 is 0 Å². The molecule has 0 aliphatic rings. The molecule has 2 aromatic heterocycles. The van der Waals surface area contributed by atoms with Crippen LogP contribution in [0.5, 0.6) is 5.75 Å². The van der Waals surface area contributed by atoms with E-state index < -0.39 is 5.97 Å². The normalized spacial score (nSPS) is 11.2. The van der Waals surface area contributed by atoms with Crippen LogP contribution in [0, 0.1) is 0 Å². The minimum Gasteiger partial charge on any atom is -0.872 e. The van der Waals surface area contributed by atoms with Gasteiger partial charge >= 0.3 is 5.97 Å². The molecule has 6 heteroatoms. The molecule has 0 aliphatic heterocycles. The number of hydrogen-bond donors (Lipinski definition) is 1. The summed E-state index contributed by atoms with van der Waals surface area (Å²) in [4.78, 5) is 23.6. The molecule has 0 saturated carbocycles. The van der Waals surface area contributed by atoms with Crippen molar-refractivity contribution in [1.82, 2.24) is 0 Å². The van der Waals surface area contributed by atoms with Crippen LogP contribution in [0.1, 0.15) is 10.6 Å². The van der Waals surface area contributed by atoms with Crippen LogP contribution in [0.25, 0.3) is 33.1 Å². The number of aromatic carboxylic acids is 1. The lowest BCUT2D eigenvalue weighted by atomic mass is 10.0. The van der Waals surface area contributed by atoms with E-state index in [4.69, 9.17) is 13.9 Å². The number of carbonyl (C=O) groups is 1. The molecule has 2 heterocycles. The first-order chi connectivity index (χ1) is 11.5. The van der Waals surface area contributed by atoms with E-state index in [0.717, 1.165) is 0 Å². The summed E-state index contributed by atoms with van der Waals surface area (Å²) in [5.74, 6) is -1.57. The molecule has 4 rings (SSSR count). The predicted octanol–water partition coefficient (Wildman–Crippen LogP) is 2.98. The number of hydrogen-bond acceptors (Lipinski definition) is 5. The lowest BCUT2D eigenvalue weighted by Gasteiger charge is -2.07. The van der Waals surface area contributed by atoms with Gasteiger partial charge in [-0.3, -0.25) is 4.79 Å². The Morgan fingerprint density at radius 2 is 1.88 bits per heavy atom. The second-order valence-electron chi connectivity index (χ2n) is 5.30. The van der Waals surface area contributed by atoms with E-state index in [1.165, 1.54) is 30.5 Å². The molecule has 24 heavy (non-hydrogen) atoms. The molecule has 1 N–H and O–H groups in total. The lowest BCUT2D eigenvalue weighted by Crippen LogP contribution is -2.05. The van der Waals surface area contributed by atoms with Crippen molar-refractivity contribution in [2.24, 2.45) is 0 Å². The number of carboxylic acids is 1. The summed E-state index contributed by atoms with van der Waals surface area (Å²) in [5, 5.41) is 21.2. The van der Waals surface area contributed by atoms with Crippen molar-refractivity contribution in [3.63, 3.8) is 0 Å². The van der Waals surface area contributed by atoms with Crippen LogP contribution in [0.15, 0.2) is 62.4 Å². The predicted molar refractivity (Wildman–Crippen MR) is 84.1 cm³/mol. The fourth-order valence-corrected chi connectivity index (χ4v) is 2.62. The second kappa shape index (κ2) is 4.99. The van der Waals surface area contributed by atoms with Gasteiger partial charge in [-0.15, -0.1) is 5.75 Å². The minimum absolute atomic E-state index is 0.171. The summed E-state index contributed by atoms with van der Waals surface area (Å²) < 4.78 is 10.6. The third-order valence-electron chi connectivity index (χ3n) is 3.78. The molecule has 0 atom stereocenters. The summed E-state index contributed by atoms with van der Waals surface area (Å²) in [6.45, 7) is 0. The van der Waals surface area contributed by atoms with Crippen LogP contribution in [0.4, 0.5) is 0 Å². The molecule has 0 saturated heterocycles. The standard InChI is InChI=1S/C18H10O6/c19-11-2-3-12-15(7-11)23-8-13(17(12)20)9-1-4-14-10(5-9)6-16(24-14)18(21)22/h1-8,19H,(H,21,22)/p-1. The van der Waals surface area contributed by atoms with Gasteiger partial charge in [-0.1, -0.05) is 12.1 Å². The molecule has 118 valence electrons. The highest BCUT2D eigenvalue weighted by atomic mass is 16.4. The van der Waals surface area contributed by atoms with Crippen LogP contribution in [-0.2, 0) is 0 Å². The molecule has 0 spiro atoms. The highest BCUT2D eigenvalue weighted by molar-refractivity contribution is 5.93. The van der Waals surface area contributed by atoms with Crippen LogP contribution in [-0.4, -0.2) is 11.1 Å². The Morgan fingerprint density at radius 3 is 2.67 bits per heavy atom. The number of benzene rings is 2. The number of rotatable bonds is 2. The summed E-state index contributed by atoms with van der Waals surface area (Å²) in [6.07, 6.45) is 1.30. The third kappa shape index (κ3) is 2.13. The van der Waals surface area contributed by atoms with Gasteiger partial charge in [0.1, 0.15) is 17.4 Å². The van der Waals surface area contributed by atoms with Crippen LogP contribution in [0.3, 0.4) is 0 Å². The fraction of sp³-hybridized carbons (Fsp3) is 0. The number of carboxylic acid groups (broad SMARTS) is 1. The van der Waals surface area contributed by atoms with Crippen molar-refractivity contribution < 1.29 is 23.8 Å². The topological polar surface area (TPSA) is 104 Å². The first kappa shape index (κ1) is 14.1. The van der Waals surface area contributed by atoms with Crippen molar-refractivity contribution in [1.29, 1.82) is 0 Å². The highest BCUT2D eigenvalue weighted by Crippen LogP contribution is 2.27. The SMILES string of the molecule is O=C(O)c1cc2cc(-c3coc4cc([O-])ccc4c3=O)ccc2o1. The molecule has 2 aromatic carbocycles. The molecule has 0 bridgehead atoms. The van der Waals surface area contributed by atoms with E-state index in [1.807, 2.05) is 0 Å². The fourth-order valence-electron chi connectivity index (χ4n) is 2.62. The molecule has 0 unspecified atom stereocenters. The average molecular weight is 321 g/mol. The van der Waals surface area contributed by atoms with Gasteiger partial charge in [0.25, 0.3) is 0 Å². The van der Waals surface area contributed by atoms with Crippen LogP contribution < -0.4 is 10.5 Å². The number of fused-ring (bicyclic) bond motifs is 2. The van der Waals surface area contributed by atoms with Crippen molar-refractivity contribution in [2.45, 2.75) is 0 Å². The smallest absolute Gasteiger partial charge is 0.371 e. The van der Waals surface area contributed by atoms with Gasteiger partial charge in [-0.05, 0) is 35.9 Å². The maximum absolute atomic E-state index is 12.6. The lowest BCUT2D eigenvalue weighted by molar-refractivity contribution is -0.268. The molecule has 4 aromatic rings. The third-order valence-corrected chi connectivity index (χ3v) is 3.78. The van der Waals surface area contributed by atoms with E-state index in [9.17, 15) is 14.7 Å². The Kier molecular flexibility index (Phi) is 2.93. The van der Waals surface area contributed by atoms with Gasteiger partial charge in [-0.2, -0.15) is 0 Å². The van der Waals surface area contributed by atoms with Gasteiger partial charge in [-0.25, -0.2) is 4.79 Å². The summed E-state index contributed by atoms with van der Waals surface area (Å²) in [7, 11) is 0. The largest absolute Gasteiger partial charge is 0.872 e. The van der Waals surface area contributed by atoms with E-state index in [-0.39, 0.29) is 22.5 Å². The zero-order valence-corrected chi connectivity index (χ0v) is 12.1. The van der Waals surface area contributed by atoms with E-state index >= 15 is 0 Å². The van der Waals surface area contributed by atoms with Gasteiger partial charge < -0.3 is 19.0 Å². The molecular formula is C18H9O6-. The summed E-state index contributed by atoms with van der Waals surface area (Å²) in [6, 6.07) is 10.3. The number of furan rings is 1. The van der Waals surface area contributed by atoms with Crippen molar-refractivity contribution in [3.05, 3.63) is 64.7 Å². The quantitative estimate of drug-likeness (QED) is 0.608. The monoisotopic (exact) mass is 321 g/mol. The Balaban J connectivity index is 1.92. The highest BCUT2D eigenvalue weighted by Gasteiger charge is 2.13.